The van der Waals surface area contributed by atoms with E-state index in [1.807, 2.05) is 6.92 Å². The smallest absolute Gasteiger partial charge is 0.255 e. The number of halogens is 3. The van der Waals surface area contributed by atoms with Gasteiger partial charge in [-0.15, -0.1) is 35.3 Å². The molecule has 0 saturated carbocycles. The summed E-state index contributed by atoms with van der Waals surface area (Å²) in [5.41, 5.74) is 0. The number of hydrogen-bond donors (Lipinski definition) is 2. The highest BCUT2D eigenvalue weighted by molar-refractivity contribution is 14.0. The number of nitrogens with one attached hydrogen (secondary N) is 2. The third-order valence-corrected chi connectivity index (χ3v) is 3.36. The first-order valence-electron chi connectivity index (χ1n) is 5.82. The highest BCUT2D eigenvalue weighted by atomic mass is 127. The molecule has 1 rings (SSSR count). The topological polar surface area (TPSA) is 36.4 Å². The molecule has 0 aliphatic rings. The summed E-state index contributed by atoms with van der Waals surface area (Å²) >= 11 is 1.75. The van der Waals surface area contributed by atoms with Gasteiger partial charge in [-0.1, -0.05) is 0 Å². The van der Waals surface area contributed by atoms with Crippen LogP contribution in [-0.2, 0) is 6.42 Å². The van der Waals surface area contributed by atoms with Crippen molar-refractivity contribution in [3.8, 4) is 0 Å². The number of aryl methyl sites for hydroxylation is 1. The second-order valence-electron chi connectivity index (χ2n) is 4.11. The first-order valence-corrected chi connectivity index (χ1v) is 6.63. The Bertz CT molecular complexity index is 396. The van der Waals surface area contributed by atoms with Gasteiger partial charge in [0.1, 0.15) is 0 Å². The van der Waals surface area contributed by atoms with Gasteiger partial charge in [-0.05, 0) is 26.0 Å². The van der Waals surface area contributed by atoms with E-state index in [0.717, 1.165) is 6.42 Å². The van der Waals surface area contributed by atoms with Crippen molar-refractivity contribution in [2.24, 2.45) is 4.99 Å². The van der Waals surface area contributed by atoms with Gasteiger partial charge in [0.15, 0.2) is 5.96 Å². The number of guanidine groups is 1. The van der Waals surface area contributed by atoms with Crippen LogP contribution in [0.4, 0.5) is 8.78 Å². The molecular weight excluding hydrogens is 383 g/mol. The third kappa shape index (κ3) is 7.66. The van der Waals surface area contributed by atoms with E-state index >= 15 is 0 Å². The molecule has 3 nitrogen and oxygen atoms in total. The molecule has 0 amide bonds. The largest absolute Gasteiger partial charge is 0.354 e. The van der Waals surface area contributed by atoms with E-state index in [2.05, 4.69) is 34.7 Å². The van der Waals surface area contributed by atoms with Crippen molar-refractivity contribution in [2.45, 2.75) is 32.7 Å². The maximum Gasteiger partial charge on any atom is 0.255 e. The normalized spacial score (nSPS) is 13.1. The summed E-state index contributed by atoms with van der Waals surface area (Å²) < 4.78 is 24.1. The van der Waals surface area contributed by atoms with Crippen molar-refractivity contribution in [3.63, 3.8) is 0 Å². The molecule has 0 aromatic carbocycles. The minimum atomic E-state index is -2.38. The summed E-state index contributed by atoms with van der Waals surface area (Å²) in [6, 6.07) is 4.32. The van der Waals surface area contributed by atoms with Crippen molar-refractivity contribution in [3.05, 3.63) is 21.9 Å². The summed E-state index contributed by atoms with van der Waals surface area (Å²) in [5.74, 6) is 0.413. The van der Waals surface area contributed by atoms with E-state index in [1.54, 1.807) is 18.4 Å². The molecule has 1 unspecified atom stereocenters. The number of aliphatic imine (C=N–C) groups is 1. The first-order chi connectivity index (χ1) is 8.51. The Hall–Kier alpha value is -0.440. The fraction of sp³-hybridized carbons (Fsp3) is 0.583. The van der Waals surface area contributed by atoms with Crippen molar-refractivity contribution >= 4 is 41.3 Å². The van der Waals surface area contributed by atoms with Crippen LogP contribution in [0.3, 0.4) is 0 Å². The zero-order valence-corrected chi connectivity index (χ0v) is 14.4. The number of hydrogen-bond acceptors (Lipinski definition) is 2. The van der Waals surface area contributed by atoms with Gasteiger partial charge in [0.25, 0.3) is 6.43 Å². The van der Waals surface area contributed by atoms with Gasteiger partial charge in [0.05, 0.1) is 6.54 Å². The molecule has 110 valence electrons. The minimum absolute atomic E-state index is 0. The molecule has 7 heteroatoms. The molecule has 2 N–H and O–H groups in total. The van der Waals surface area contributed by atoms with Crippen LogP contribution in [0.2, 0.25) is 0 Å². The lowest BCUT2D eigenvalue weighted by Gasteiger charge is -2.17. The fourth-order valence-electron chi connectivity index (χ4n) is 1.55. The van der Waals surface area contributed by atoms with Gasteiger partial charge in [-0.3, -0.25) is 4.99 Å². The van der Waals surface area contributed by atoms with Gasteiger partial charge in [-0.25, -0.2) is 8.78 Å². The summed E-state index contributed by atoms with van der Waals surface area (Å²) in [6.07, 6.45) is -1.52. The van der Waals surface area contributed by atoms with Crippen LogP contribution in [0.25, 0.3) is 0 Å². The van der Waals surface area contributed by atoms with Crippen molar-refractivity contribution < 1.29 is 8.78 Å². The number of rotatable bonds is 5. The van der Waals surface area contributed by atoms with Crippen molar-refractivity contribution in [2.75, 3.05) is 13.6 Å². The van der Waals surface area contributed by atoms with Crippen LogP contribution in [0.1, 0.15) is 16.7 Å². The van der Waals surface area contributed by atoms with E-state index < -0.39 is 6.43 Å². The lowest BCUT2D eigenvalue weighted by atomic mass is 10.2. The van der Waals surface area contributed by atoms with Crippen molar-refractivity contribution in [1.29, 1.82) is 0 Å². The number of alkyl halides is 2. The third-order valence-electron chi connectivity index (χ3n) is 2.33. The molecule has 0 spiro atoms. The zero-order valence-electron chi connectivity index (χ0n) is 11.2. The van der Waals surface area contributed by atoms with Gasteiger partial charge in [0.2, 0.25) is 0 Å². The highest BCUT2D eigenvalue weighted by Gasteiger charge is 2.09. The van der Waals surface area contributed by atoms with Gasteiger partial charge >= 0.3 is 0 Å². The molecule has 0 fully saturated rings. The molecule has 19 heavy (non-hydrogen) atoms. The van der Waals surface area contributed by atoms with Crippen molar-refractivity contribution in [1.82, 2.24) is 10.6 Å². The predicted octanol–water partition coefficient (Wildman–Crippen LogP) is 3.04. The molecule has 0 bridgehead atoms. The molecule has 0 aliphatic carbocycles. The SMILES string of the molecule is CN=C(NCC(F)F)NC(C)Cc1ccc(C)s1.I. The van der Waals surface area contributed by atoms with Gasteiger partial charge < -0.3 is 10.6 Å². The quantitative estimate of drug-likeness (QED) is 0.451. The Morgan fingerprint density at radius 1 is 1.42 bits per heavy atom. The van der Waals surface area contributed by atoms with E-state index in [1.165, 1.54) is 9.75 Å². The molecule has 1 aromatic rings. The van der Waals surface area contributed by atoms with E-state index in [4.69, 9.17) is 0 Å². The van der Waals surface area contributed by atoms with Crippen LogP contribution >= 0.6 is 35.3 Å². The standard InChI is InChI=1S/C12H19F2N3S.HI/c1-8(6-10-5-4-9(2)18-10)17-12(15-3)16-7-11(13)14;/h4-5,8,11H,6-7H2,1-3H3,(H2,15,16,17);1H. The molecule has 1 aromatic heterocycles. The fourth-order valence-corrected chi connectivity index (χ4v) is 2.57. The van der Waals surface area contributed by atoms with E-state index in [0.29, 0.717) is 5.96 Å². The molecular formula is C12H20F2IN3S. The molecule has 1 heterocycles. The lowest BCUT2D eigenvalue weighted by molar-refractivity contribution is 0.152. The van der Waals surface area contributed by atoms with E-state index in [-0.39, 0.29) is 36.6 Å². The first kappa shape index (κ1) is 18.6. The zero-order chi connectivity index (χ0) is 13.5. The van der Waals surface area contributed by atoms with Gasteiger partial charge in [0, 0.05) is 29.3 Å². The Morgan fingerprint density at radius 2 is 2.11 bits per heavy atom. The maximum absolute atomic E-state index is 12.1. The molecule has 0 saturated heterocycles. The average Bonchev–Trinajstić information content (AvgIpc) is 2.69. The number of thiophene rings is 1. The van der Waals surface area contributed by atoms with Gasteiger partial charge in [-0.2, -0.15) is 0 Å². The van der Waals surface area contributed by atoms with Crippen LogP contribution in [0, 0.1) is 6.92 Å². The summed E-state index contributed by atoms with van der Waals surface area (Å²) in [5, 5.41) is 5.68. The Kier molecular flexibility index (Phi) is 9.24. The summed E-state index contributed by atoms with van der Waals surface area (Å²) in [4.78, 5) is 6.46. The Balaban J connectivity index is 0.00000324. The minimum Gasteiger partial charge on any atom is -0.354 e. The van der Waals surface area contributed by atoms with Crippen LogP contribution in [-0.4, -0.2) is 32.0 Å². The highest BCUT2D eigenvalue weighted by Crippen LogP contribution is 2.16. The second-order valence-corrected chi connectivity index (χ2v) is 5.48. The lowest BCUT2D eigenvalue weighted by Crippen LogP contribution is -2.44. The van der Waals surface area contributed by atoms with Crippen LogP contribution < -0.4 is 10.6 Å². The van der Waals surface area contributed by atoms with Crippen LogP contribution in [0.15, 0.2) is 17.1 Å². The molecule has 0 radical (unpaired) electrons. The van der Waals surface area contributed by atoms with Crippen LogP contribution in [0.5, 0.6) is 0 Å². The number of nitrogens with zero attached hydrogens (tertiary/aromatic N) is 1. The predicted molar refractivity (Wildman–Crippen MR) is 88.1 cm³/mol. The Labute approximate surface area is 133 Å². The average molecular weight is 403 g/mol. The van der Waals surface area contributed by atoms with E-state index in [9.17, 15) is 8.78 Å². The summed E-state index contributed by atoms with van der Waals surface area (Å²) in [7, 11) is 1.57. The Morgan fingerprint density at radius 3 is 2.58 bits per heavy atom. The monoisotopic (exact) mass is 403 g/mol. The molecule has 1 atom stereocenters. The maximum atomic E-state index is 12.1. The second kappa shape index (κ2) is 9.46. The summed E-state index contributed by atoms with van der Waals surface area (Å²) in [6.45, 7) is 3.68. The molecule has 0 aliphatic heterocycles.